The summed E-state index contributed by atoms with van der Waals surface area (Å²) < 4.78 is 68.3. The number of hydrogen-bond donors (Lipinski definition) is 1. The average Bonchev–Trinajstić information content (AvgIpc) is 3.61. The van der Waals surface area contributed by atoms with E-state index in [0.29, 0.717) is 41.7 Å². The summed E-state index contributed by atoms with van der Waals surface area (Å²) in [4.78, 5) is 37.6. The monoisotopic (exact) mass is 742 g/mol. The molecule has 274 valence electrons. The zero-order valence-electron chi connectivity index (χ0n) is 29.6. The van der Waals surface area contributed by atoms with Gasteiger partial charge in [0.15, 0.2) is 11.4 Å². The van der Waals surface area contributed by atoms with Crippen LogP contribution in [0.3, 0.4) is 0 Å². The molecule has 0 aliphatic carbocycles. The maximum atomic E-state index is 13.8. The first-order valence-electron chi connectivity index (χ1n) is 16.3. The summed E-state index contributed by atoms with van der Waals surface area (Å²) >= 11 is 0. The molecule has 1 fully saturated rings. The maximum Gasteiger partial charge on any atom is 0.427 e. The third-order valence-electron chi connectivity index (χ3n) is 7.90. The lowest BCUT2D eigenvalue weighted by atomic mass is 9.98. The Morgan fingerprint density at radius 2 is 1.57 bits per heavy atom. The van der Waals surface area contributed by atoms with E-state index in [1.807, 2.05) is 11.9 Å². The molecule has 0 saturated carbocycles. The van der Waals surface area contributed by atoms with Crippen LogP contribution in [0.1, 0.15) is 59.9 Å². The van der Waals surface area contributed by atoms with Crippen molar-refractivity contribution >= 4 is 60.2 Å². The van der Waals surface area contributed by atoms with Gasteiger partial charge >= 0.3 is 12.2 Å². The zero-order valence-corrected chi connectivity index (χ0v) is 31.2. The van der Waals surface area contributed by atoms with Crippen LogP contribution in [0.2, 0.25) is 0 Å². The molecule has 0 unspecified atom stereocenters. The maximum absolute atomic E-state index is 13.8. The molecule has 1 aromatic carbocycles. The summed E-state index contributed by atoms with van der Waals surface area (Å²) in [5, 5.41) is 11.1. The van der Waals surface area contributed by atoms with Crippen LogP contribution < -0.4 is 14.6 Å². The van der Waals surface area contributed by atoms with Gasteiger partial charge in [-0.25, -0.2) is 49.8 Å². The highest BCUT2D eigenvalue weighted by Gasteiger charge is 2.39. The van der Waals surface area contributed by atoms with Gasteiger partial charge in [0.1, 0.15) is 22.2 Å². The van der Waals surface area contributed by atoms with Crippen molar-refractivity contribution in [1.29, 1.82) is 5.26 Å². The number of aromatic nitrogens is 4. The standard InChI is InChI=1S/C33H42N8O8S2/c1-22-8-10-24(11-9-22)51(46,47)39-18-14-25-27-26(21-35-28(25)39)37-29(40(30(42)48-32(2,3)4)31(43)49-33(5,6)7)41(27)38-16-12-23(13-17-38)20-36-50(44,45)19-15-34/h8-11,14,18,21,23,36H,12-13,16-17,19-20H2,1-7H3. The van der Waals surface area contributed by atoms with Crippen LogP contribution in [0.5, 0.6) is 0 Å². The van der Waals surface area contributed by atoms with E-state index in [1.165, 1.54) is 24.5 Å². The van der Waals surface area contributed by atoms with Crippen molar-refractivity contribution in [2.45, 2.75) is 77.4 Å². The SMILES string of the molecule is Cc1ccc(S(=O)(=O)n2ccc3c2ncc2nc(N(C(=O)OC(C)(C)C)C(=O)OC(C)(C)C)n(N4CCC(CNS(=O)(=O)CC#N)CC4)c23)cc1. The highest BCUT2D eigenvalue weighted by Crippen LogP contribution is 2.34. The fraction of sp³-hybridized carbons (Fsp3) is 0.485. The van der Waals surface area contributed by atoms with Crippen LogP contribution in [0.25, 0.3) is 22.1 Å². The number of carbonyl (C=O) groups is 2. The van der Waals surface area contributed by atoms with Crippen LogP contribution >= 0.6 is 0 Å². The normalized spacial score (nSPS) is 14.8. The smallest absolute Gasteiger partial charge is 0.427 e. The first-order valence-corrected chi connectivity index (χ1v) is 19.4. The minimum absolute atomic E-state index is 0.0650. The first kappa shape index (κ1) is 37.5. The number of hydrogen-bond acceptors (Lipinski definition) is 12. The van der Waals surface area contributed by atoms with E-state index in [9.17, 15) is 26.4 Å². The summed E-state index contributed by atoms with van der Waals surface area (Å²) in [6.45, 7) is 12.6. The number of fused-ring (bicyclic) bond motifs is 3. The largest absolute Gasteiger partial charge is 0.443 e. The molecule has 1 saturated heterocycles. The number of benzene rings is 1. The van der Waals surface area contributed by atoms with Gasteiger partial charge in [-0.3, -0.25) is 0 Å². The Morgan fingerprint density at radius 3 is 2.12 bits per heavy atom. The predicted molar refractivity (Wildman–Crippen MR) is 190 cm³/mol. The molecule has 0 spiro atoms. The molecule has 16 nitrogen and oxygen atoms in total. The summed E-state index contributed by atoms with van der Waals surface area (Å²) in [6.07, 6.45) is 1.66. The number of ether oxygens (including phenoxy) is 2. The molecule has 0 radical (unpaired) electrons. The van der Waals surface area contributed by atoms with Crippen LogP contribution in [-0.4, -0.2) is 84.2 Å². The third-order valence-corrected chi connectivity index (χ3v) is 10.7. The van der Waals surface area contributed by atoms with E-state index >= 15 is 0 Å². The highest BCUT2D eigenvalue weighted by molar-refractivity contribution is 7.90. The summed E-state index contributed by atoms with van der Waals surface area (Å²) in [5.41, 5.74) is -0.377. The van der Waals surface area contributed by atoms with Gasteiger partial charge in [-0.15, -0.1) is 4.90 Å². The molecule has 2 amide bonds. The molecule has 4 heterocycles. The third kappa shape index (κ3) is 8.26. The molecule has 3 aromatic heterocycles. The number of sulfonamides is 1. The first-order chi connectivity index (χ1) is 23.7. The number of imide groups is 1. The number of pyridine rings is 1. The van der Waals surface area contributed by atoms with Crippen molar-refractivity contribution < 1.29 is 35.9 Å². The van der Waals surface area contributed by atoms with Crippen molar-refractivity contribution in [3.8, 4) is 6.07 Å². The summed E-state index contributed by atoms with van der Waals surface area (Å²) in [7, 11) is -7.82. The van der Waals surface area contributed by atoms with Gasteiger partial charge in [-0.05, 0) is 85.4 Å². The number of carbonyl (C=O) groups excluding carboxylic acids is 2. The van der Waals surface area contributed by atoms with E-state index in [4.69, 9.17) is 19.7 Å². The van der Waals surface area contributed by atoms with Crippen LogP contribution in [0, 0.1) is 24.2 Å². The Morgan fingerprint density at radius 1 is 0.980 bits per heavy atom. The molecule has 1 N–H and O–H groups in total. The number of amides is 2. The average molecular weight is 743 g/mol. The minimum atomic E-state index is -4.08. The van der Waals surface area contributed by atoms with Crippen molar-refractivity contribution in [3.05, 3.63) is 48.3 Å². The van der Waals surface area contributed by atoms with Gasteiger partial charge in [0, 0.05) is 31.2 Å². The molecule has 18 heteroatoms. The number of rotatable bonds is 8. The number of aryl methyl sites for hydroxylation is 1. The molecule has 5 rings (SSSR count). The fourth-order valence-corrected chi connectivity index (χ4v) is 7.65. The molecule has 0 atom stereocenters. The quantitative estimate of drug-likeness (QED) is 0.267. The lowest BCUT2D eigenvalue weighted by Gasteiger charge is -2.36. The molecule has 1 aliphatic rings. The molecule has 0 bridgehead atoms. The van der Waals surface area contributed by atoms with Crippen LogP contribution in [0.15, 0.2) is 47.6 Å². The molecular weight excluding hydrogens is 701 g/mol. The van der Waals surface area contributed by atoms with Crippen molar-refractivity contribution in [2.75, 3.05) is 35.3 Å². The van der Waals surface area contributed by atoms with Gasteiger partial charge in [0.25, 0.3) is 10.0 Å². The second kappa shape index (κ2) is 13.8. The van der Waals surface area contributed by atoms with Gasteiger partial charge < -0.3 is 14.5 Å². The Kier molecular flexibility index (Phi) is 10.1. The van der Waals surface area contributed by atoms with E-state index in [-0.39, 0.29) is 34.5 Å². The Labute approximate surface area is 297 Å². The van der Waals surface area contributed by atoms with E-state index in [2.05, 4.69) is 9.71 Å². The summed E-state index contributed by atoms with van der Waals surface area (Å²) in [5.74, 6) is -0.890. The lowest BCUT2D eigenvalue weighted by molar-refractivity contribution is 0.0425. The Bertz CT molecular complexity index is 2190. The predicted octanol–water partition coefficient (Wildman–Crippen LogP) is 4.40. The molecule has 1 aliphatic heterocycles. The number of imidazole rings is 1. The van der Waals surface area contributed by atoms with E-state index in [0.717, 1.165) is 9.54 Å². The summed E-state index contributed by atoms with van der Waals surface area (Å²) in [6, 6.07) is 9.66. The Hall–Kier alpha value is -4.73. The second-order valence-corrected chi connectivity index (χ2v) is 18.0. The topological polar surface area (TPSA) is 199 Å². The number of anilines is 1. The van der Waals surface area contributed by atoms with Crippen LogP contribution in [-0.2, 0) is 29.5 Å². The van der Waals surface area contributed by atoms with E-state index < -0.39 is 49.2 Å². The van der Waals surface area contributed by atoms with Gasteiger partial charge in [-0.2, -0.15) is 5.26 Å². The molecular formula is C33H42N8O8S2. The number of piperidine rings is 1. The van der Waals surface area contributed by atoms with Crippen molar-refractivity contribution in [3.63, 3.8) is 0 Å². The van der Waals surface area contributed by atoms with Crippen LogP contribution in [0.4, 0.5) is 15.5 Å². The number of nitriles is 1. The Balaban J connectivity index is 1.67. The van der Waals surface area contributed by atoms with Gasteiger partial charge in [0.2, 0.25) is 16.0 Å². The molecule has 4 aromatic rings. The van der Waals surface area contributed by atoms with Gasteiger partial charge in [-0.1, -0.05) is 17.7 Å². The fourth-order valence-electron chi connectivity index (χ4n) is 5.59. The van der Waals surface area contributed by atoms with Crippen molar-refractivity contribution in [2.24, 2.45) is 5.92 Å². The second-order valence-electron chi connectivity index (χ2n) is 14.3. The minimum Gasteiger partial charge on any atom is -0.443 e. The number of nitrogens with one attached hydrogen (secondary N) is 1. The number of nitrogens with zero attached hydrogens (tertiary/aromatic N) is 7. The molecule has 51 heavy (non-hydrogen) atoms. The van der Waals surface area contributed by atoms with Gasteiger partial charge in [0.05, 0.1) is 17.2 Å². The lowest BCUT2D eigenvalue weighted by Crippen LogP contribution is -2.49. The highest BCUT2D eigenvalue weighted by atomic mass is 32.2. The zero-order chi connectivity index (χ0) is 37.5. The van der Waals surface area contributed by atoms with E-state index in [1.54, 1.807) is 70.5 Å². The van der Waals surface area contributed by atoms with Crippen molar-refractivity contribution in [1.82, 2.24) is 23.3 Å².